The van der Waals surface area contributed by atoms with Gasteiger partial charge in [-0.25, -0.2) is 21.6 Å². The van der Waals surface area contributed by atoms with Crippen LogP contribution in [0.3, 0.4) is 0 Å². The van der Waals surface area contributed by atoms with Crippen LogP contribution in [0, 0.1) is 17.5 Å². The van der Waals surface area contributed by atoms with E-state index in [4.69, 9.17) is 11.6 Å². The van der Waals surface area contributed by atoms with E-state index in [1.54, 1.807) is 0 Å². The first kappa shape index (κ1) is 14.7. The Morgan fingerprint density at radius 1 is 0.950 bits per heavy atom. The van der Waals surface area contributed by atoms with Crippen LogP contribution in [0.1, 0.15) is 0 Å². The van der Waals surface area contributed by atoms with Gasteiger partial charge in [-0.05, 0) is 30.3 Å². The van der Waals surface area contributed by atoms with Crippen LogP contribution in [0.5, 0.6) is 0 Å². The van der Waals surface area contributed by atoms with Gasteiger partial charge in [0, 0.05) is 6.07 Å². The number of halogens is 4. The topological polar surface area (TPSA) is 46.2 Å². The highest BCUT2D eigenvalue weighted by atomic mass is 35.5. The third-order valence-electron chi connectivity index (χ3n) is 2.36. The Bertz CT molecular complexity index is 765. The Balaban J connectivity index is 2.43. The molecule has 0 aliphatic rings. The lowest BCUT2D eigenvalue weighted by Gasteiger charge is -2.10. The smallest absolute Gasteiger partial charge is 0.263 e. The summed E-state index contributed by atoms with van der Waals surface area (Å²) < 4.78 is 65.1. The molecule has 2 rings (SSSR count). The highest BCUT2D eigenvalue weighted by Crippen LogP contribution is 2.25. The minimum atomic E-state index is -4.26. The molecule has 2 aromatic rings. The van der Waals surface area contributed by atoms with Crippen molar-refractivity contribution >= 4 is 27.3 Å². The van der Waals surface area contributed by atoms with Crippen LogP contribution in [0.4, 0.5) is 18.9 Å². The van der Waals surface area contributed by atoms with E-state index in [9.17, 15) is 21.6 Å². The normalized spacial score (nSPS) is 11.4. The Morgan fingerprint density at radius 3 is 2.20 bits per heavy atom. The lowest BCUT2D eigenvalue weighted by Crippen LogP contribution is -2.14. The summed E-state index contributed by atoms with van der Waals surface area (Å²) in [5.74, 6) is -2.48. The summed E-state index contributed by atoms with van der Waals surface area (Å²) in [4.78, 5) is -0.441. The molecule has 8 heteroatoms. The number of hydrogen-bond acceptors (Lipinski definition) is 2. The van der Waals surface area contributed by atoms with Crippen molar-refractivity contribution < 1.29 is 21.6 Å². The fourth-order valence-electron chi connectivity index (χ4n) is 1.47. The zero-order valence-corrected chi connectivity index (χ0v) is 11.3. The maximum Gasteiger partial charge on any atom is 0.263 e. The maximum atomic E-state index is 13.4. The molecule has 20 heavy (non-hydrogen) atoms. The van der Waals surface area contributed by atoms with Gasteiger partial charge in [-0.2, -0.15) is 0 Å². The molecule has 0 atom stereocenters. The van der Waals surface area contributed by atoms with E-state index < -0.39 is 38.1 Å². The van der Waals surface area contributed by atoms with Gasteiger partial charge in [0.2, 0.25) is 0 Å². The largest absolute Gasteiger partial charge is 0.277 e. The van der Waals surface area contributed by atoms with E-state index in [0.717, 1.165) is 30.3 Å². The fraction of sp³-hybridized carbons (Fsp3) is 0. The summed E-state index contributed by atoms with van der Waals surface area (Å²) in [5.41, 5.74) is -0.564. The number of hydrogen-bond donors (Lipinski definition) is 1. The lowest BCUT2D eigenvalue weighted by molar-refractivity contribution is 0.593. The summed E-state index contributed by atoms with van der Waals surface area (Å²) in [6, 6.07) is 4.93. The van der Waals surface area contributed by atoms with Crippen molar-refractivity contribution in [1.29, 1.82) is 0 Å². The Hall–Kier alpha value is -1.73. The second-order valence-corrected chi connectivity index (χ2v) is 5.86. The molecule has 0 bridgehead atoms. The third-order valence-corrected chi connectivity index (χ3v) is 4.20. The number of benzene rings is 2. The third kappa shape index (κ3) is 3.05. The molecule has 0 heterocycles. The molecule has 0 aromatic heterocycles. The SMILES string of the molecule is O=S(=O)(Nc1cc(F)ccc1F)c1ccc(F)cc1Cl. The first-order valence-corrected chi connectivity index (χ1v) is 7.08. The zero-order valence-electron chi connectivity index (χ0n) is 9.70. The molecule has 1 N–H and O–H groups in total. The minimum Gasteiger partial charge on any atom is -0.277 e. The van der Waals surface area contributed by atoms with E-state index >= 15 is 0 Å². The van der Waals surface area contributed by atoms with Gasteiger partial charge in [0.1, 0.15) is 22.3 Å². The Kier molecular flexibility index (Phi) is 3.92. The maximum absolute atomic E-state index is 13.4. The summed E-state index contributed by atoms with van der Waals surface area (Å²) in [6.45, 7) is 0. The monoisotopic (exact) mass is 321 g/mol. The van der Waals surface area contributed by atoms with Crippen LogP contribution in [0.25, 0.3) is 0 Å². The molecular weight excluding hydrogens is 315 g/mol. The second-order valence-electron chi connectivity index (χ2n) is 3.80. The molecule has 0 amide bonds. The van der Waals surface area contributed by atoms with Gasteiger partial charge < -0.3 is 0 Å². The summed E-state index contributed by atoms with van der Waals surface area (Å²) >= 11 is 5.62. The van der Waals surface area contributed by atoms with Crippen LogP contribution in [-0.2, 0) is 10.0 Å². The van der Waals surface area contributed by atoms with E-state index in [0.29, 0.717) is 6.07 Å². The highest BCUT2D eigenvalue weighted by Gasteiger charge is 2.20. The van der Waals surface area contributed by atoms with Gasteiger partial charge in [0.25, 0.3) is 10.0 Å². The summed E-state index contributed by atoms with van der Waals surface area (Å²) in [7, 11) is -4.26. The van der Waals surface area contributed by atoms with Crippen LogP contribution >= 0.6 is 11.6 Å². The fourth-order valence-corrected chi connectivity index (χ4v) is 3.06. The number of rotatable bonds is 3. The van der Waals surface area contributed by atoms with Crippen molar-refractivity contribution in [2.45, 2.75) is 4.90 Å². The van der Waals surface area contributed by atoms with Crippen LogP contribution < -0.4 is 4.72 Å². The molecule has 0 saturated heterocycles. The predicted octanol–water partition coefficient (Wildman–Crippen LogP) is 3.56. The molecule has 2 aromatic carbocycles. The van der Waals surface area contributed by atoms with Crippen LogP contribution in [-0.4, -0.2) is 8.42 Å². The average Bonchev–Trinajstić information content (AvgIpc) is 2.33. The van der Waals surface area contributed by atoms with Crippen molar-refractivity contribution in [1.82, 2.24) is 0 Å². The second kappa shape index (κ2) is 5.34. The van der Waals surface area contributed by atoms with E-state index in [2.05, 4.69) is 0 Å². The lowest BCUT2D eigenvalue weighted by atomic mass is 10.3. The molecule has 3 nitrogen and oxygen atoms in total. The van der Waals surface area contributed by atoms with E-state index in [1.807, 2.05) is 4.72 Å². The first-order chi connectivity index (χ1) is 9.29. The van der Waals surface area contributed by atoms with Gasteiger partial charge in [-0.3, -0.25) is 4.72 Å². The number of nitrogens with one attached hydrogen (secondary N) is 1. The van der Waals surface area contributed by atoms with Crippen molar-refractivity contribution in [3.8, 4) is 0 Å². The average molecular weight is 322 g/mol. The first-order valence-electron chi connectivity index (χ1n) is 5.22. The molecule has 0 aliphatic carbocycles. The molecule has 0 unspecified atom stereocenters. The molecule has 0 fully saturated rings. The molecule has 0 saturated carbocycles. The van der Waals surface area contributed by atoms with Gasteiger partial charge in [0.05, 0.1) is 10.7 Å². The van der Waals surface area contributed by atoms with Crippen molar-refractivity contribution in [2.75, 3.05) is 4.72 Å². The van der Waals surface area contributed by atoms with E-state index in [1.165, 1.54) is 0 Å². The predicted molar refractivity (Wildman–Crippen MR) is 68.6 cm³/mol. The van der Waals surface area contributed by atoms with Crippen LogP contribution in [0.15, 0.2) is 41.3 Å². The molecule has 0 radical (unpaired) electrons. The molecule has 0 aliphatic heterocycles. The van der Waals surface area contributed by atoms with Crippen molar-refractivity contribution in [3.05, 3.63) is 58.9 Å². The molecular formula is C12H7ClF3NO2S. The summed E-state index contributed by atoms with van der Waals surface area (Å²) in [5, 5.41) is -0.366. The van der Waals surface area contributed by atoms with Gasteiger partial charge in [-0.1, -0.05) is 11.6 Å². The highest BCUT2D eigenvalue weighted by molar-refractivity contribution is 7.92. The van der Waals surface area contributed by atoms with Crippen molar-refractivity contribution in [3.63, 3.8) is 0 Å². The molecule has 0 spiro atoms. The zero-order chi connectivity index (χ0) is 14.9. The Morgan fingerprint density at radius 2 is 1.55 bits per heavy atom. The number of sulfonamides is 1. The van der Waals surface area contributed by atoms with E-state index in [-0.39, 0.29) is 5.02 Å². The molecule has 106 valence electrons. The van der Waals surface area contributed by atoms with Gasteiger partial charge >= 0.3 is 0 Å². The number of anilines is 1. The minimum absolute atomic E-state index is 0.366. The summed E-state index contributed by atoms with van der Waals surface area (Å²) in [6.07, 6.45) is 0. The standard InChI is InChI=1S/C12H7ClF3NO2S/c13-9-5-7(14)2-4-12(9)20(18,19)17-11-6-8(15)1-3-10(11)16/h1-6,17H. The van der Waals surface area contributed by atoms with Crippen molar-refractivity contribution in [2.24, 2.45) is 0 Å². The quantitative estimate of drug-likeness (QED) is 0.939. The van der Waals surface area contributed by atoms with Gasteiger partial charge in [-0.15, -0.1) is 0 Å². The van der Waals surface area contributed by atoms with Gasteiger partial charge in [0.15, 0.2) is 0 Å². The van der Waals surface area contributed by atoms with Crippen LogP contribution in [0.2, 0.25) is 5.02 Å². The Labute approximate surface area is 118 Å².